The van der Waals surface area contributed by atoms with Crippen LogP contribution in [0.2, 0.25) is 5.02 Å². The van der Waals surface area contributed by atoms with E-state index in [4.69, 9.17) is 16.3 Å². The van der Waals surface area contributed by atoms with Crippen LogP contribution in [-0.2, 0) is 6.42 Å². The molecule has 0 spiro atoms. The van der Waals surface area contributed by atoms with Crippen molar-refractivity contribution in [3.63, 3.8) is 0 Å². The lowest BCUT2D eigenvalue weighted by atomic mass is 10.1. The Morgan fingerprint density at radius 3 is 2.63 bits per heavy atom. The van der Waals surface area contributed by atoms with E-state index in [1.165, 1.54) is 5.56 Å². The van der Waals surface area contributed by atoms with Gasteiger partial charge in [-0.05, 0) is 37.1 Å². The number of ether oxygens (including phenoxy) is 1. The Morgan fingerprint density at radius 2 is 2.00 bits per heavy atom. The van der Waals surface area contributed by atoms with Gasteiger partial charge in [-0.2, -0.15) is 0 Å². The molecule has 0 fully saturated rings. The van der Waals surface area contributed by atoms with Gasteiger partial charge in [0, 0.05) is 12.2 Å². The van der Waals surface area contributed by atoms with Gasteiger partial charge in [0.1, 0.15) is 5.75 Å². The monoisotopic (exact) mass is 276 g/mol. The molecule has 4 heteroatoms. The van der Waals surface area contributed by atoms with Crippen molar-refractivity contribution in [1.29, 1.82) is 0 Å². The molecule has 0 bridgehead atoms. The third kappa shape index (κ3) is 3.86. The Kier molecular flexibility index (Phi) is 4.63. The van der Waals surface area contributed by atoms with Gasteiger partial charge < -0.3 is 10.1 Å². The zero-order valence-corrected chi connectivity index (χ0v) is 11.8. The van der Waals surface area contributed by atoms with Crippen molar-refractivity contribution in [3.05, 3.63) is 53.3 Å². The van der Waals surface area contributed by atoms with Crippen molar-refractivity contribution in [3.8, 4) is 5.75 Å². The van der Waals surface area contributed by atoms with E-state index in [0.717, 1.165) is 17.9 Å². The molecule has 100 valence electrons. The van der Waals surface area contributed by atoms with Crippen LogP contribution in [0.3, 0.4) is 0 Å². The molecular weight excluding hydrogens is 260 g/mol. The summed E-state index contributed by atoms with van der Waals surface area (Å²) in [5.74, 6) is 0.875. The first-order chi connectivity index (χ1) is 9.19. The van der Waals surface area contributed by atoms with E-state index < -0.39 is 0 Å². The van der Waals surface area contributed by atoms with Crippen LogP contribution in [0.5, 0.6) is 5.75 Å². The van der Waals surface area contributed by atoms with Gasteiger partial charge in [-0.15, -0.1) is 0 Å². The molecule has 1 N–H and O–H groups in total. The first-order valence-electron chi connectivity index (χ1n) is 6.18. The highest BCUT2D eigenvalue weighted by Gasteiger charge is 2.06. The van der Waals surface area contributed by atoms with E-state index >= 15 is 0 Å². The van der Waals surface area contributed by atoms with Crippen molar-refractivity contribution in [2.75, 3.05) is 12.4 Å². The summed E-state index contributed by atoms with van der Waals surface area (Å²) >= 11 is 6.09. The van der Waals surface area contributed by atoms with Crippen LogP contribution in [0.25, 0.3) is 0 Å². The van der Waals surface area contributed by atoms with E-state index in [1.807, 2.05) is 12.1 Å². The summed E-state index contributed by atoms with van der Waals surface area (Å²) in [6, 6.07) is 10.1. The Balaban J connectivity index is 1.97. The highest BCUT2D eigenvalue weighted by molar-refractivity contribution is 6.33. The van der Waals surface area contributed by atoms with E-state index in [-0.39, 0.29) is 6.04 Å². The molecule has 2 aromatic rings. The first-order valence-corrected chi connectivity index (χ1v) is 6.56. The van der Waals surface area contributed by atoms with Gasteiger partial charge in [0.25, 0.3) is 0 Å². The molecule has 0 saturated carbocycles. The van der Waals surface area contributed by atoms with Gasteiger partial charge in [-0.3, -0.25) is 4.98 Å². The molecule has 0 aliphatic carbocycles. The minimum atomic E-state index is 0.273. The van der Waals surface area contributed by atoms with E-state index in [2.05, 4.69) is 29.4 Å². The molecule has 0 saturated heterocycles. The van der Waals surface area contributed by atoms with E-state index in [9.17, 15) is 0 Å². The first kappa shape index (κ1) is 13.7. The average molecular weight is 277 g/mol. The number of nitrogens with zero attached hydrogens (tertiary/aromatic N) is 1. The van der Waals surface area contributed by atoms with Crippen LogP contribution in [0.15, 0.2) is 42.7 Å². The molecule has 3 nitrogen and oxygen atoms in total. The van der Waals surface area contributed by atoms with Gasteiger partial charge in [0.2, 0.25) is 0 Å². The number of anilines is 1. The van der Waals surface area contributed by atoms with Crippen LogP contribution in [-0.4, -0.2) is 18.1 Å². The molecule has 1 aromatic carbocycles. The van der Waals surface area contributed by atoms with Gasteiger partial charge in [0.05, 0.1) is 24.0 Å². The van der Waals surface area contributed by atoms with Gasteiger partial charge in [0.15, 0.2) is 0 Å². The third-order valence-corrected chi connectivity index (χ3v) is 3.20. The maximum atomic E-state index is 6.09. The second kappa shape index (κ2) is 6.43. The number of halogens is 1. The Labute approximate surface area is 118 Å². The minimum absolute atomic E-state index is 0.273. The summed E-state index contributed by atoms with van der Waals surface area (Å²) in [4.78, 5) is 4.06. The molecule has 1 atom stereocenters. The number of hydrogen-bond acceptors (Lipinski definition) is 3. The standard InChI is InChI=1S/C15H17ClN2O/c1-11(18-15-10-17-8-7-14(15)16)9-12-3-5-13(19-2)6-4-12/h3-8,10-11,18H,9H2,1-2H3. The van der Waals surface area contributed by atoms with Gasteiger partial charge >= 0.3 is 0 Å². The summed E-state index contributed by atoms with van der Waals surface area (Å²) in [5, 5.41) is 4.05. The third-order valence-electron chi connectivity index (χ3n) is 2.87. The lowest BCUT2D eigenvalue weighted by molar-refractivity contribution is 0.414. The number of pyridine rings is 1. The van der Waals surface area contributed by atoms with Crippen LogP contribution in [0.4, 0.5) is 5.69 Å². The predicted molar refractivity (Wildman–Crippen MR) is 79.0 cm³/mol. The molecule has 1 heterocycles. The fraction of sp³-hybridized carbons (Fsp3) is 0.267. The lowest BCUT2D eigenvalue weighted by Crippen LogP contribution is -2.18. The molecule has 0 aliphatic rings. The van der Waals surface area contributed by atoms with Crippen molar-refractivity contribution in [2.45, 2.75) is 19.4 Å². The highest BCUT2D eigenvalue weighted by Crippen LogP contribution is 2.21. The number of aromatic nitrogens is 1. The summed E-state index contributed by atoms with van der Waals surface area (Å²) < 4.78 is 5.14. The molecule has 0 radical (unpaired) electrons. The van der Waals surface area contributed by atoms with Gasteiger partial charge in [-0.1, -0.05) is 23.7 Å². The minimum Gasteiger partial charge on any atom is -0.497 e. The number of rotatable bonds is 5. The van der Waals surface area contributed by atoms with Gasteiger partial charge in [-0.25, -0.2) is 0 Å². The normalized spacial score (nSPS) is 11.9. The van der Waals surface area contributed by atoms with Crippen molar-refractivity contribution in [2.24, 2.45) is 0 Å². The quantitative estimate of drug-likeness (QED) is 0.902. The smallest absolute Gasteiger partial charge is 0.118 e. The largest absolute Gasteiger partial charge is 0.497 e. The Morgan fingerprint density at radius 1 is 1.26 bits per heavy atom. The lowest BCUT2D eigenvalue weighted by Gasteiger charge is -2.16. The molecule has 19 heavy (non-hydrogen) atoms. The van der Waals surface area contributed by atoms with E-state index in [0.29, 0.717) is 5.02 Å². The van der Waals surface area contributed by atoms with Crippen LogP contribution in [0, 0.1) is 0 Å². The summed E-state index contributed by atoms with van der Waals surface area (Å²) in [5.41, 5.74) is 2.12. The molecule has 0 amide bonds. The van der Waals surface area contributed by atoms with Crippen molar-refractivity contribution in [1.82, 2.24) is 4.98 Å². The van der Waals surface area contributed by atoms with Crippen LogP contribution >= 0.6 is 11.6 Å². The number of hydrogen-bond donors (Lipinski definition) is 1. The second-order valence-corrected chi connectivity index (χ2v) is 4.86. The Bertz CT molecular complexity index is 528. The summed E-state index contributed by atoms with van der Waals surface area (Å²) in [6.45, 7) is 2.12. The van der Waals surface area contributed by atoms with E-state index in [1.54, 1.807) is 25.6 Å². The second-order valence-electron chi connectivity index (χ2n) is 4.45. The molecule has 1 unspecified atom stereocenters. The average Bonchev–Trinajstić information content (AvgIpc) is 2.42. The summed E-state index contributed by atoms with van der Waals surface area (Å²) in [6.07, 6.45) is 4.34. The SMILES string of the molecule is COc1ccc(CC(C)Nc2cnccc2Cl)cc1. The fourth-order valence-corrected chi connectivity index (χ4v) is 2.08. The Hall–Kier alpha value is -1.74. The van der Waals surface area contributed by atoms with Crippen LogP contribution < -0.4 is 10.1 Å². The molecule has 0 aliphatic heterocycles. The van der Waals surface area contributed by atoms with Crippen molar-refractivity contribution >= 4 is 17.3 Å². The predicted octanol–water partition coefficient (Wildman–Crippen LogP) is 3.79. The number of nitrogens with one attached hydrogen (secondary N) is 1. The molecule has 2 rings (SSSR count). The maximum absolute atomic E-state index is 6.09. The van der Waals surface area contributed by atoms with Crippen LogP contribution in [0.1, 0.15) is 12.5 Å². The zero-order chi connectivity index (χ0) is 13.7. The maximum Gasteiger partial charge on any atom is 0.118 e. The molecule has 1 aromatic heterocycles. The molecular formula is C15H17ClN2O. The zero-order valence-electron chi connectivity index (χ0n) is 11.1. The summed E-state index contributed by atoms with van der Waals surface area (Å²) in [7, 11) is 1.67. The van der Waals surface area contributed by atoms with Crippen molar-refractivity contribution < 1.29 is 4.74 Å². The fourth-order valence-electron chi connectivity index (χ4n) is 1.92. The number of benzene rings is 1. The number of methoxy groups -OCH3 is 1. The topological polar surface area (TPSA) is 34.1 Å². The highest BCUT2D eigenvalue weighted by atomic mass is 35.5.